The summed E-state index contributed by atoms with van der Waals surface area (Å²) < 4.78 is 19.6. The summed E-state index contributed by atoms with van der Waals surface area (Å²) in [5.41, 5.74) is -2.47. The molecule has 0 heterocycles. The van der Waals surface area contributed by atoms with Gasteiger partial charge in [0.1, 0.15) is 11.6 Å². The Morgan fingerprint density at radius 2 is 1.43 bits per heavy atom. The molecule has 5 nitrogen and oxygen atoms in total. The molecule has 3 aromatic carbocycles. The van der Waals surface area contributed by atoms with Crippen molar-refractivity contribution in [2.24, 2.45) is 0 Å². The highest BCUT2D eigenvalue weighted by atomic mass is 35.5. The molecule has 0 aliphatic heterocycles. The second kappa shape index (κ2) is 8.65. The summed E-state index contributed by atoms with van der Waals surface area (Å²) in [5, 5.41) is 20.1. The van der Waals surface area contributed by atoms with Crippen LogP contribution in [0, 0.1) is 5.82 Å². The number of carbonyl (C=O) groups excluding carboxylic acids is 1. The third kappa shape index (κ3) is 4.03. The van der Waals surface area contributed by atoms with E-state index in [0.29, 0.717) is 0 Å². The smallest absolute Gasteiger partial charge is 0.353 e. The molecule has 3 rings (SSSR count). The van der Waals surface area contributed by atoms with Crippen LogP contribution < -0.4 is 4.74 Å². The van der Waals surface area contributed by atoms with Crippen molar-refractivity contribution in [3.63, 3.8) is 0 Å². The molecule has 0 spiro atoms. The van der Waals surface area contributed by atoms with Crippen molar-refractivity contribution in [3.8, 4) is 5.75 Å². The van der Waals surface area contributed by atoms with Crippen molar-refractivity contribution in [1.29, 1.82) is 0 Å². The number of hydrogen-bond donors (Lipinski definition) is 2. The molecule has 0 bridgehead atoms. The number of aromatic carboxylic acids is 1. The van der Waals surface area contributed by atoms with E-state index in [1.165, 1.54) is 54.6 Å². The standard InChI is InChI=1S/C21H15FO5.ClH/c22-18-9-5-4-8-17(18)21(26,15-6-2-1-3-7-15)20(25)27-16-12-10-14(11-13-16)19(23)24;/h1-13,26H,(H,23,24);1H. The number of ether oxygens (including phenoxy) is 1. The average Bonchev–Trinajstić information content (AvgIpc) is 2.69. The maximum Gasteiger partial charge on any atom is 0.353 e. The van der Waals surface area contributed by atoms with E-state index in [2.05, 4.69) is 0 Å². The second-order valence-corrected chi connectivity index (χ2v) is 5.78. The van der Waals surface area contributed by atoms with Crippen LogP contribution in [0.5, 0.6) is 5.75 Å². The molecule has 0 saturated heterocycles. The molecule has 0 aromatic heterocycles. The topological polar surface area (TPSA) is 83.8 Å². The average molecular weight is 403 g/mol. The summed E-state index contributed by atoms with van der Waals surface area (Å²) >= 11 is 0. The maximum atomic E-state index is 14.4. The van der Waals surface area contributed by atoms with Gasteiger partial charge < -0.3 is 14.9 Å². The molecule has 0 saturated carbocycles. The number of carboxylic acids is 1. The molecule has 1 unspecified atom stereocenters. The molecule has 2 N–H and O–H groups in total. The monoisotopic (exact) mass is 402 g/mol. The first-order chi connectivity index (χ1) is 12.9. The molecule has 28 heavy (non-hydrogen) atoms. The van der Waals surface area contributed by atoms with Crippen LogP contribution in [0.25, 0.3) is 0 Å². The van der Waals surface area contributed by atoms with E-state index in [9.17, 15) is 19.1 Å². The van der Waals surface area contributed by atoms with Gasteiger partial charge in [-0.25, -0.2) is 14.0 Å². The van der Waals surface area contributed by atoms with Gasteiger partial charge in [-0.3, -0.25) is 0 Å². The first-order valence-electron chi connectivity index (χ1n) is 8.01. The van der Waals surface area contributed by atoms with Gasteiger partial charge in [0.25, 0.3) is 0 Å². The molecule has 0 aliphatic rings. The van der Waals surface area contributed by atoms with E-state index in [1.807, 2.05) is 0 Å². The summed E-state index contributed by atoms with van der Waals surface area (Å²) in [6.45, 7) is 0. The minimum Gasteiger partial charge on any atom is -0.478 e. The molecule has 0 amide bonds. The Morgan fingerprint density at radius 3 is 2.00 bits per heavy atom. The Bertz CT molecular complexity index is 976. The third-order valence-electron chi connectivity index (χ3n) is 4.06. The molecule has 3 aromatic rings. The summed E-state index contributed by atoms with van der Waals surface area (Å²) in [4.78, 5) is 23.8. The highest BCUT2D eigenvalue weighted by Crippen LogP contribution is 2.33. The Hall–Kier alpha value is -3.22. The van der Waals surface area contributed by atoms with E-state index in [-0.39, 0.29) is 34.8 Å². The summed E-state index contributed by atoms with van der Waals surface area (Å²) in [7, 11) is 0. The zero-order chi connectivity index (χ0) is 19.4. The lowest BCUT2D eigenvalue weighted by molar-refractivity contribution is -0.152. The number of esters is 1. The highest BCUT2D eigenvalue weighted by molar-refractivity contribution is 5.89. The maximum absolute atomic E-state index is 14.4. The number of carboxylic acid groups (broad SMARTS) is 1. The molecule has 0 aliphatic carbocycles. The van der Waals surface area contributed by atoms with Gasteiger partial charge in [-0.1, -0.05) is 48.5 Å². The normalized spacial score (nSPS) is 12.4. The number of aliphatic hydroxyl groups is 1. The third-order valence-corrected chi connectivity index (χ3v) is 4.06. The highest BCUT2D eigenvalue weighted by Gasteiger charge is 2.44. The van der Waals surface area contributed by atoms with Crippen LogP contribution >= 0.6 is 12.4 Å². The molecular formula is C21H16ClFO5. The van der Waals surface area contributed by atoms with Crippen LogP contribution in [0.2, 0.25) is 0 Å². The SMILES string of the molecule is Cl.O=C(O)c1ccc(OC(=O)C(O)(c2ccccc2)c2ccccc2F)cc1. The number of halogens is 2. The van der Waals surface area contributed by atoms with E-state index in [4.69, 9.17) is 9.84 Å². The number of hydrogen-bond acceptors (Lipinski definition) is 4. The lowest BCUT2D eigenvalue weighted by Crippen LogP contribution is -2.41. The zero-order valence-electron chi connectivity index (χ0n) is 14.4. The molecule has 7 heteroatoms. The summed E-state index contributed by atoms with van der Waals surface area (Å²) in [6.07, 6.45) is 0. The Morgan fingerprint density at radius 1 is 0.857 bits per heavy atom. The van der Waals surface area contributed by atoms with Crippen molar-refractivity contribution >= 4 is 24.3 Å². The lowest BCUT2D eigenvalue weighted by Gasteiger charge is -2.27. The van der Waals surface area contributed by atoms with Gasteiger partial charge in [0.15, 0.2) is 0 Å². The van der Waals surface area contributed by atoms with Crippen LogP contribution in [0.1, 0.15) is 21.5 Å². The van der Waals surface area contributed by atoms with E-state index >= 15 is 0 Å². The van der Waals surface area contributed by atoms with Crippen LogP contribution in [-0.4, -0.2) is 22.2 Å². The van der Waals surface area contributed by atoms with Gasteiger partial charge in [-0.05, 0) is 35.9 Å². The van der Waals surface area contributed by atoms with E-state index in [0.717, 1.165) is 6.07 Å². The fraction of sp³-hybridized carbons (Fsp3) is 0.0476. The van der Waals surface area contributed by atoms with Gasteiger partial charge >= 0.3 is 11.9 Å². The molecule has 0 radical (unpaired) electrons. The van der Waals surface area contributed by atoms with Gasteiger partial charge in [-0.2, -0.15) is 0 Å². The fourth-order valence-electron chi connectivity index (χ4n) is 2.66. The van der Waals surface area contributed by atoms with Gasteiger partial charge in [-0.15, -0.1) is 12.4 Å². The number of benzene rings is 3. The summed E-state index contributed by atoms with van der Waals surface area (Å²) in [6, 6.07) is 18.4. The fourth-order valence-corrected chi connectivity index (χ4v) is 2.66. The van der Waals surface area contributed by atoms with Crippen LogP contribution in [0.15, 0.2) is 78.9 Å². The van der Waals surface area contributed by atoms with Crippen LogP contribution in [0.3, 0.4) is 0 Å². The molecule has 1 atom stereocenters. The minimum absolute atomic E-state index is 0. The Labute approximate surface area is 166 Å². The van der Waals surface area contributed by atoms with E-state index < -0.39 is 23.4 Å². The first-order valence-corrected chi connectivity index (χ1v) is 8.01. The molecule has 0 fully saturated rings. The van der Waals surface area contributed by atoms with Crippen molar-refractivity contribution in [2.45, 2.75) is 5.60 Å². The van der Waals surface area contributed by atoms with Gasteiger partial charge in [0, 0.05) is 5.56 Å². The van der Waals surface area contributed by atoms with Gasteiger partial charge in [0.05, 0.1) is 5.56 Å². The predicted molar refractivity (Wildman–Crippen MR) is 102 cm³/mol. The largest absolute Gasteiger partial charge is 0.478 e. The number of rotatable bonds is 5. The Kier molecular flexibility index (Phi) is 6.51. The summed E-state index contributed by atoms with van der Waals surface area (Å²) in [5.74, 6) is -2.97. The van der Waals surface area contributed by atoms with Gasteiger partial charge in [0.2, 0.25) is 5.60 Å². The van der Waals surface area contributed by atoms with Crippen molar-refractivity contribution in [1.82, 2.24) is 0 Å². The lowest BCUT2D eigenvalue weighted by atomic mass is 9.86. The first kappa shape index (κ1) is 21.1. The van der Waals surface area contributed by atoms with E-state index in [1.54, 1.807) is 18.2 Å². The molecular weight excluding hydrogens is 387 g/mol. The predicted octanol–water partition coefficient (Wildman–Crippen LogP) is 3.79. The van der Waals surface area contributed by atoms with Crippen molar-refractivity contribution in [2.75, 3.05) is 0 Å². The number of carbonyl (C=O) groups is 2. The Balaban J connectivity index is 0.00000280. The van der Waals surface area contributed by atoms with Crippen LogP contribution in [0.4, 0.5) is 4.39 Å². The minimum atomic E-state index is -2.38. The van der Waals surface area contributed by atoms with Crippen LogP contribution in [-0.2, 0) is 10.4 Å². The molecule has 144 valence electrons. The van der Waals surface area contributed by atoms with Crippen molar-refractivity contribution < 1.29 is 28.9 Å². The van der Waals surface area contributed by atoms with Crippen molar-refractivity contribution in [3.05, 3.63) is 101 Å². The second-order valence-electron chi connectivity index (χ2n) is 5.78. The quantitative estimate of drug-likeness (QED) is 0.501. The zero-order valence-corrected chi connectivity index (χ0v) is 15.2.